The number of anilines is 1. The van der Waals surface area contributed by atoms with Gasteiger partial charge in [0.2, 0.25) is 0 Å². The van der Waals surface area contributed by atoms with Gasteiger partial charge in [-0.15, -0.1) is 0 Å². The third-order valence-electron chi connectivity index (χ3n) is 3.19. The van der Waals surface area contributed by atoms with E-state index in [4.69, 9.17) is 5.73 Å². The van der Waals surface area contributed by atoms with E-state index in [0.717, 1.165) is 23.5 Å². The van der Waals surface area contributed by atoms with Crippen LogP contribution in [0.2, 0.25) is 0 Å². The maximum absolute atomic E-state index is 11.4. The molecule has 0 radical (unpaired) electrons. The lowest BCUT2D eigenvalue weighted by molar-refractivity contribution is 0.586. The summed E-state index contributed by atoms with van der Waals surface area (Å²) in [5.74, 6) is 1.27. The minimum atomic E-state index is -2.85. The fraction of sp³-hybridized carbons (Fsp3) is 0.583. The Morgan fingerprint density at radius 3 is 2.56 bits per heavy atom. The van der Waals surface area contributed by atoms with Gasteiger partial charge in [-0.3, -0.25) is 0 Å². The molecule has 2 rings (SSSR count). The minimum absolute atomic E-state index is 0.211. The molecule has 1 aromatic heterocycles. The molecule has 1 fully saturated rings. The van der Waals surface area contributed by atoms with Gasteiger partial charge in [0.15, 0.2) is 9.84 Å². The molecule has 0 aromatic carbocycles. The highest BCUT2D eigenvalue weighted by Gasteiger charge is 2.22. The molecule has 0 unspecified atom stereocenters. The zero-order chi connectivity index (χ0) is 13.2. The van der Waals surface area contributed by atoms with E-state index in [1.54, 1.807) is 0 Å². The smallest absolute Gasteiger partial charge is 0.153 e. The number of hydrogen-bond acceptors (Lipinski definition) is 5. The van der Waals surface area contributed by atoms with Crippen LogP contribution in [0.3, 0.4) is 0 Å². The molecule has 0 bridgehead atoms. The van der Waals surface area contributed by atoms with Crippen LogP contribution >= 0.6 is 0 Å². The number of aryl methyl sites for hydroxylation is 1. The number of nitrogens with two attached hydrogens (primary N) is 1. The lowest BCUT2D eigenvalue weighted by Crippen LogP contribution is -2.40. The van der Waals surface area contributed by atoms with Crippen LogP contribution in [0.1, 0.15) is 18.2 Å². The average molecular weight is 269 g/mol. The summed E-state index contributed by atoms with van der Waals surface area (Å²) in [7, 11) is -2.85. The molecule has 5 nitrogen and oxygen atoms in total. The quantitative estimate of drug-likeness (QED) is 0.856. The van der Waals surface area contributed by atoms with Crippen molar-refractivity contribution in [1.82, 2.24) is 4.98 Å². The second-order valence-electron chi connectivity index (χ2n) is 4.52. The van der Waals surface area contributed by atoms with Crippen molar-refractivity contribution in [2.24, 2.45) is 5.73 Å². The Kier molecular flexibility index (Phi) is 3.87. The van der Waals surface area contributed by atoms with Gasteiger partial charge >= 0.3 is 0 Å². The second kappa shape index (κ2) is 5.24. The minimum Gasteiger partial charge on any atom is -0.355 e. The molecular weight excluding hydrogens is 250 g/mol. The number of nitrogens with zero attached hydrogens (tertiary/aromatic N) is 2. The van der Waals surface area contributed by atoms with Crippen molar-refractivity contribution in [3.63, 3.8) is 0 Å². The Bertz CT molecular complexity index is 492. The van der Waals surface area contributed by atoms with E-state index < -0.39 is 9.84 Å². The van der Waals surface area contributed by atoms with Crippen molar-refractivity contribution < 1.29 is 8.42 Å². The monoisotopic (exact) mass is 269 g/mol. The predicted molar refractivity (Wildman–Crippen MR) is 72.4 cm³/mol. The molecule has 0 atom stereocenters. The fourth-order valence-electron chi connectivity index (χ4n) is 2.04. The summed E-state index contributed by atoms with van der Waals surface area (Å²) in [6.07, 6.45) is 0.854. The van der Waals surface area contributed by atoms with Crippen LogP contribution in [0.25, 0.3) is 0 Å². The van der Waals surface area contributed by atoms with Crippen LogP contribution in [0.4, 0.5) is 5.82 Å². The summed E-state index contributed by atoms with van der Waals surface area (Å²) in [4.78, 5) is 6.57. The number of pyridine rings is 1. The second-order valence-corrected chi connectivity index (χ2v) is 6.83. The number of hydrogen-bond donors (Lipinski definition) is 1. The summed E-state index contributed by atoms with van der Waals surface area (Å²) in [5.41, 5.74) is 7.72. The van der Waals surface area contributed by atoms with Gasteiger partial charge in [0, 0.05) is 25.3 Å². The van der Waals surface area contributed by atoms with E-state index >= 15 is 0 Å². The zero-order valence-corrected chi connectivity index (χ0v) is 11.4. The van der Waals surface area contributed by atoms with Crippen molar-refractivity contribution in [2.75, 3.05) is 29.5 Å². The molecule has 1 aromatic rings. The molecule has 1 saturated heterocycles. The first-order valence-corrected chi connectivity index (χ1v) is 8.01. The first-order valence-electron chi connectivity index (χ1n) is 6.19. The molecule has 18 heavy (non-hydrogen) atoms. The summed E-state index contributed by atoms with van der Waals surface area (Å²) in [6.45, 7) is 3.57. The average Bonchev–Trinajstić information content (AvgIpc) is 2.38. The standard InChI is InChI=1S/C12H19N3O2S/c1-2-11-7-10(9-13)8-12(14-11)15-3-5-18(16,17)6-4-15/h7-8H,2-6,9,13H2,1H3. The summed E-state index contributed by atoms with van der Waals surface area (Å²) in [6, 6.07) is 3.96. The van der Waals surface area contributed by atoms with Gasteiger partial charge in [0.1, 0.15) is 5.82 Å². The van der Waals surface area contributed by atoms with Gasteiger partial charge in [0.25, 0.3) is 0 Å². The third-order valence-corrected chi connectivity index (χ3v) is 4.80. The van der Waals surface area contributed by atoms with Crippen LogP contribution in [0, 0.1) is 0 Å². The molecule has 2 N–H and O–H groups in total. The van der Waals surface area contributed by atoms with Gasteiger partial charge < -0.3 is 10.6 Å². The van der Waals surface area contributed by atoms with Gasteiger partial charge in [-0.1, -0.05) is 6.92 Å². The summed E-state index contributed by atoms with van der Waals surface area (Å²) >= 11 is 0. The lowest BCUT2D eigenvalue weighted by Gasteiger charge is -2.28. The van der Waals surface area contributed by atoms with E-state index in [0.29, 0.717) is 19.6 Å². The van der Waals surface area contributed by atoms with Crippen molar-refractivity contribution in [3.8, 4) is 0 Å². The number of rotatable bonds is 3. The lowest BCUT2D eigenvalue weighted by atomic mass is 10.2. The number of sulfone groups is 1. The molecule has 1 aliphatic rings. The highest BCUT2D eigenvalue weighted by molar-refractivity contribution is 7.91. The normalized spacial score (nSPS) is 18.9. The van der Waals surface area contributed by atoms with E-state index in [1.165, 1.54) is 0 Å². The van der Waals surface area contributed by atoms with Crippen LogP contribution in [-0.4, -0.2) is 38.0 Å². The van der Waals surface area contributed by atoms with E-state index in [2.05, 4.69) is 4.98 Å². The van der Waals surface area contributed by atoms with Gasteiger partial charge in [-0.2, -0.15) is 0 Å². The molecule has 6 heteroatoms. The van der Waals surface area contributed by atoms with E-state index in [-0.39, 0.29) is 11.5 Å². The molecule has 2 heterocycles. The molecular formula is C12H19N3O2S. The maximum atomic E-state index is 11.4. The van der Waals surface area contributed by atoms with Crippen molar-refractivity contribution >= 4 is 15.7 Å². The van der Waals surface area contributed by atoms with E-state index in [9.17, 15) is 8.42 Å². The highest BCUT2D eigenvalue weighted by atomic mass is 32.2. The van der Waals surface area contributed by atoms with Crippen LogP contribution < -0.4 is 10.6 Å². The molecule has 0 saturated carbocycles. The van der Waals surface area contributed by atoms with Gasteiger partial charge in [-0.25, -0.2) is 13.4 Å². The largest absolute Gasteiger partial charge is 0.355 e. The van der Waals surface area contributed by atoms with E-state index in [1.807, 2.05) is 24.0 Å². The van der Waals surface area contributed by atoms with Crippen molar-refractivity contribution in [1.29, 1.82) is 0 Å². The summed E-state index contributed by atoms with van der Waals surface area (Å²) in [5, 5.41) is 0. The maximum Gasteiger partial charge on any atom is 0.153 e. The molecule has 1 aliphatic heterocycles. The van der Waals surface area contributed by atoms with Gasteiger partial charge in [0.05, 0.1) is 11.5 Å². The van der Waals surface area contributed by atoms with Crippen molar-refractivity contribution in [2.45, 2.75) is 19.9 Å². The topological polar surface area (TPSA) is 76.3 Å². The molecule has 0 amide bonds. The Hall–Kier alpha value is -1.14. The Morgan fingerprint density at radius 1 is 1.33 bits per heavy atom. The highest BCUT2D eigenvalue weighted by Crippen LogP contribution is 2.18. The van der Waals surface area contributed by atoms with Crippen molar-refractivity contribution in [3.05, 3.63) is 23.4 Å². The van der Waals surface area contributed by atoms with Gasteiger partial charge in [-0.05, 0) is 24.1 Å². The Morgan fingerprint density at radius 2 is 2.00 bits per heavy atom. The van der Waals surface area contributed by atoms with Crippen LogP contribution in [0.5, 0.6) is 0 Å². The van der Waals surface area contributed by atoms with Crippen LogP contribution in [0.15, 0.2) is 12.1 Å². The third kappa shape index (κ3) is 3.00. The number of aromatic nitrogens is 1. The Balaban J connectivity index is 2.23. The molecule has 100 valence electrons. The predicted octanol–water partition coefficient (Wildman–Crippen LogP) is 0.338. The molecule has 0 spiro atoms. The zero-order valence-electron chi connectivity index (χ0n) is 10.6. The first-order chi connectivity index (χ1) is 8.54. The van der Waals surface area contributed by atoms with Crippen LogP contribution in [-0.2, 0) is 22.8 Å². The SMILES string of the molecule is CCc1cc(CN)cc(N2CCS(=O)(=O)CC2)n1. The Labute approximate surface area is 108 Å². The summed E-state index contributed by atoms with van der Waals surface area (Å²) < 4.78 is 22.8. The molecule has 0 aliphatic carbocycles. The first kappa shape index (κ1) is 13.3. The fourth-order valence-corrected chi connectivity index (χ4v) is 3.24.